The fourth-order valence-electron chi connectivity index (χ4n) is 3.26. The van der Waals surface area contributed by atoms with Gasteiger partial charge in [-0.3, -0.25) is 4.79 Å². The molecule has 0 bridgehead atoms. The van der Waals surface area contributed by atoms with Crippen LogP contribution in [-0.4, -0.2) is 34.6 Å². The molecule has 1 saturated heterocycles. The molecule has 2 N–H and O–H groups in total. The second-order valence-corrected chi connectivity index (χ2v) is 6.31. The van der Waals surface area contributed by atoms with E-state index in [2.05, 4.69) is 22.5 Å². The Bertz CT molecular complexity index is 722. The van der Waals surface area contributed by atoms with Crippen LogP contribution in [0.5, 0.6) is 0 Å². The van der Waals surface area contributed by atoms with E-state index < -0.39 is 0 Å². The minimum absolute atomic E-state index is 0. The molecule has 2 heterocycles. The minimum Gasteiger partial charge on any atom is -0.355 e. The van der Waals surface area contributed by atoms with Gasteiger partial charge in [-0.15, -0.1) is 24.8 Å². The first-order valence-corrected chi connectivity index (χ1v) is 8.17. The van der Waals surface area contributed by atoms with Gasteiger partial charge in [-0.05, 0) is 38.4 Å². The summed E-state index contributed by atoms with van der Waals surface area (Å²) in [5, 5.41) is 6.34. The van der Waals surface area contributed by atoms with Crippen molar-refractivity contribution in [3.05, 3.63) is 29.8 Å². The molecular weight excluding hydrogens is 366 g/mol. The Kier molecular flexibility index (Phi) is 8.12. The van der Waals surface area contributed by atoms with E-state index in [1.165, 1.54) is 6.07 Å². The number of carbonyl (C=O) groups excluding carboxylic acids is 1. The Morgan fingerprint density at radius 1 is 1.44 bits per heavy atom. The maximum absolute atomic E-state index is 13.8. The summed E-state index contributed by atoms with van der Waals surface area (Å²) in [6.45, 7) is 3.52. The molecule has 1 aliphatic heterocycles. The summed E-state index contributed by atoms with van der Waals surface area (Å²) in [6, 6.07) is 5.34. The summed E-state index contributed by atoms with van der Waals surface area (Å²) in [4.78, 5) is 16.6. The molecule has 0 radical (unpaired) electrons. The van der Waals surface area contributed by atoms with E-state index >= 15 is 0 Å². The molecule has 25 heavy (non-hydrogen) atoms. The third-order valence-corrected chi connectivity index (χ3v) is 4.60. The van der Waals surface area contributed by atoms with Crippen molar-refractivity contribution in [2.24, 2.45) is 13.0 Å². The summed E-state index contributed by atoms with van der Waals surface area (Å²) in [5.41, 5.74) is 1.17. The van der Waals surface area contributed by atoms with E-state index in [0.29, 0.717) is 24.5 Å². The number of fused-ring (bicyclic) bond motifs is 1. The summed E-state index contributed by atoms with van der Waals surface area (Å²) in [6.07, 6.45) is 2.36. The molecule has 1 amide bonds. The van der Waals surface area contributed by atoms with Gasteiger partial charge in [0, 0.05) is 32.0 Å². The van der Waals surface area contributed by atoms with Gasteiger partial charge < -0.3 is 15.2 Å². The van der Waals surface area contributed by atoms with Gasteiger partial charge in [0.1, 0.15) is 11.3 Å². The first-order chi connectivity index (χ1) is 11.1. The molecule has 3 rings (SSSR count). The predicted molar refractivity (Wildman–Crippen MR) is 102 cm³/mol. The lowest BCUT2D eigenvalue weighted by Crippen LogP contribution is -2.42. The SMILES string of the molecule is C[C@H]1C[C@@H](C(=O)NCCc2nc3c(F)cccc3n2C)CCN1.Cl.Cl. The smallest absolute Gasteiger partial charge is 0.223 e. The number of aryl methyl sites for hydroxylation is 1. The van der Waals surface area contributed by atoms with Crippen LogP contribution in [0.4, 0.5) is 4.39 Å². The summed E-state index contributed by atoms with van der Waals surface area (Å²) >= 11 is 0. The zero-order chi connectivity index (χ0) is 16.4. The fourth-order valence-corrected chi connectivity index (χ4v) is 3.26. The first kappa shape index (κ1) is 21.7. The zero-order valence-electron chi connectivity index (χ0n) is 14.4. The lowest BCUT2D eigenvalue weighted by molar-refractivity contribution is -0.126. The van der Waals surface area contributed by atoms with E-state index in [-0.39, 0.29) is 42.5 Å². The Morgan fingerprint density at radius 2 is 2.20 bits per heavy atom. The third-order valence-electron chi connectivity index (χ3n) is 4.60. The Balaban J connectivity index is 0.00000156. The summed E-state index contributed by atoms with van der Waals surface area (Å²) in [5.74, 6) is 0.675. The second kappa shape index (κ2) is 9.36. The van der Waals surface area contributed by atoms with Gasteiger partial charge in [-0.1, -0.05) is 6.07 Å². The van der Waals surface area contributed by atoms with Crippen molar-refractivity contribution in [2.75, 3.05) is 13.1 Å². The van der Waals surface area contributed by atoms with Crippen LogP contribution < -0.4 is 10.6 Å². The van der Waals surface area contributed by atoms with Crippen molar-refractivity contribution >= 4 is 41.8 Å². The summed E-state index contributed by atoms with van der Waals surface area (Å²) < 4.78 is 15.6. The number of nitrogens with zero attached hydrogens (tertiary/aromatic N) is 2. The van der Waals surface area contributed by atoms with Crippen molar-refractivity contribution in [1.29, 1.82) is 0 Å². The van der Waals surface area contributed by atoms with Crippen LogP contribution in [0, 0.1) is 11.7 Å². The van der Waals surface area contributed by atoms with Gasteiger partial charge in [0.25, 0.3) is 0 Å². The molecule has 0 unspecified atom stereocenters. The highest BCUT2D eigenvalue weighted by Crippen LogP contribution is 2.18. The number of benzene rings is 1. The van der Waals surface area contributed by atoms with Gasteiger partial charge in [0.2, 0.25) is 5.91 Å². The Morgan fingerprint density at radius 3 is 2.88 bits per heavy atom. The van der Waals surface area contributed by atoms with Crippen LogP contribution in [0.2, 0.25) is 0 Å². The molecule has 1 aromatic heterocycles. The lowest BCUT2D eigenvalue weighted by Gasteiger charge is -2.27. The van der Waals surface area contributed by atoms with Gasteiger partial charge in [-0.25, -0.2) is 9.37 Å². The van der Waals surface area contributed by atoms with Gasteiger partial charge in [0.05, 0.1) is 5.52 Å². The topological polar surface area (TPSA) is 59.0 Å². The lowest BCUT2D eigenvalue weighted by atomic mass is 9.92. The molecule has 0 aliphatic carbocycles. The third kappa shape index (κ3) is 4.84. The number of carbonyl (C=O) groups is 1. The fraction of sp³-hybridized carbons (Fsp3) is 0.529. The van der Waals surface area contributed by atoms with Crippen LogP contribution in [0.15, 0.2) is 18.2 Å². The number of amides is 1. The average molecular weight is 391 g/mol. The molecule has 1 aromatic carbocycles. The maximum Gasteiger partial charge on any atom is 0.223 e. The van der Waals surface area contributed by atoms with Gasteiger partial charge >= 0.3 is 0 Å². The van der Waals surface area contributed by atoms with Crippen molar-refractivity contribution in [3.63, 3.8) is 0 Å². The van der Waals surface area contributed by atoms with Crippen LogP contribution in [0.3, 0.4) is 0 Å². The number of hydrogen-bond acceptors (Lipinski definition) is 3. The average Bonchev–Trinajstić information content (AvgIpc) is 2.86. The molecule has 2 atom stereocenters. The van der Waals surface area contributed by atoms with E-state index in [1.807, 2.05) is 17.7 Å². The second-order valence-electron chi connectivity index (χ2n) is 6.31. The molecular formula is C17H25Cl2FN4O. The van der Waals surface area contributed by atoms with Crippen molar-refractivity contribution in [1.82, 2.24) is 20.2 Å². The normalized spacial score (nSPS) is 19.8. The van der Waals surface area contributed by atoms with Crippen LogP contribution >= 0.6 is 24.8 Å². The molecule has 140 valence electrons. The number of aromatic nitrogens is 2. The largest absolute Gasteiger partial charge is 0.355 e. The van der Waals surface area contributed by atoms with Gasteiger partial charge in [-0.2, -0.15) is 0 Å². The molecule has 5 nitrogen and oxygen atoms in total. The molecule has 1 fully saturated rings. The number of para-hydroxylation sites is 1. The highest BCUT2D eigenvalue weighted by atomic mass is 35.5. The van der Waals surface area contributed by atoms with Crippen LogP contribution in [-0.2, 0) is 18.3 Å². The van der Waals surface area contributed by atoms with Crippen LogP contribution in [0.25, 0.3) is 11.0 Å². The first-order valence-electron chi connectivity index (χ1n) is 8.17. The summed E-state index contributed by atoms with van der Waals surface area (Å²) in [7, 11) is 1.88. The maximum atomic E-state index is 13.8. The standard InChI is InChI=1S/C17H23FN4O.2ClH/c1-11-10-12(6-8-19-11)17(23)20-9-7-15-21-16-13(18)4-3-5-14(16)22(15)2;;/h3-5,11-12,19H,6-10H2,1-2H3,(H,20,23);2*1H/t11-,12-;;/m0../s1. The number of piperidine rings is 1. The Labute approximate surface area is 159 Å². The Hall–Kier alpha value is -1.37. The zero-order valence-corrected chi connectivity index (χ0v) is 16.1. The highest BCUT2D eigenvalue weighted by Gasteiger charge is 2.24. The molecule has 0 saturated carbocycles. The molecule has 8 heteroatoms. The van der Waals surface area contributed by atoms with Gasteiger partial charge in [0.15, 0.2) is 5.82 Å². The number of imidazole rings is 1. The number of halogens is 3. The van der Waals surface area contributed by atoms with E-state index in [9.17, 15) is 9.18 Å². The number of rotatable bonds is 4. The molecule has 2 aromatic rings. The molecule has 1 aliphatic rings. The van der Waals surface area contributed by atoms with E-state index in [0.717, 1.165) is 30.7 Å². The van der Waals surface area contributed by atoms with Crippen molar-refractivity contribution in [2.45, 2.75) is 32.2 Å². The minimum atomic E-state index is -0.308. The predicted octanol–water partition coefficient (Wildman–Crippen LogP) is 2.60. The van der Waals surface area contributed by atoms with Crippen molar-refractivity contribution in [3.8, 4) is 0 Å². The van der Waals surface area contributed by atoms with E-state index in [4.69, 9.17) is 0 Å². The number of nitrogens with one attached hydrogen (secondary N) is 2. The van der Waals surface area contributed by atoms with Crippen molar-refractivity contribution < 1.29 is 9.18 Å². The molecule has 0 spiro atoms. The number of hydrogen-bond donors (Lipinski definition) is 2. The quantitative estimate of drug-likeness (QED) is 0.843. The monoisotopic (exact) mass is 390 g/mol. The van der Waals surface area contributed by atoms with E-state index in [1.54, 1.807) is 6.07 Å². The highest BCUT2D eigenvalue weighted by molar-refractivity contribution is 5.85. The van der Waals surface area contributed by atoms with Crippen LogP contribution in [0.1, 0.15) is 25.6 Å².